The van der Waals surface area contributed by atoms with Crippen molar-refractivity contribution in [2.24, 2.45) is 0 Å². The van der Waals surface area contributed by atoms with Crippen LogP contribution in [-0.2, 0) is 17.3 Å². The monoisotopic (exact) mass is 300 g/mol. The van der Waals surface area contributed by atoms with E-state index < -0.39 is 16.8 Å². The van der Waals surface area contributed by atoms with E-state index in [9.17, 15) is 13.8 Å². The summed E-state index contributed by atoms with van der Waals surface area (Å²) in [4.78, 5) is 24.3. The van der Waals surface area contributed by atoms with E-state index in [2.05, 4.69) is 5.32 Å². The van der Waals surface area contributed by atoms with Gasteiger partial charge in [0.1, 0.15) is 17.1 Å². The Balaban J connectivity index is 1.88. The van der Waals surface area contributed by atoms with E-state index in [0.717, 1.165) is 0 Å². The molecule has 0 radical (unpaired) electrons. The summed E-state index contributed by atoms with van der Waals surface area (Å²) in [5, 5.41) is 11.6. The van der Waals surface area contributed by atoms with Gasteiger partial charge < -0.3 is 19.7 Å². The SMILES string of the molecule is Cc1oc(CNC(=O)N2CCS(=O)CC2)cc1C(=O)O. The Morgan fingerprint density at radius 2 is 2.10 bits per heavy atom. The number of hydrogen-bond donors (Lipinski definition) is 2. The van der Waals surface area contributed by atoms with E-state index in [1.807, 2.05) is 0 Å². The molecule has 1 saturated heterocycles. The molecule has 0 atom stereocenters. The van der Waals surface area contributed by atoms with Crippen LogP contribution in [0.25, 0.3) is 0 Å². The smallest absolute Gasteiger partial charge is 0.339 e. The molecule has 2 rings (SSSR count). The molecule has 1 fully saturated rings. The first kappa shape index (κ1) is 14.6. The fraction of sp³-hybridized carbons (Fsp3) is 0.500. The van der Waals surface area contributed by atoms with E-state index in [4.69, 9.17) is 9.52 Å². The molecule has 2 N–H and O–H groups in total. The molecule has 0 saturated carbocycles. The van der Waals surface area contributed by atoms with E-state index in [1.54, 1.807) is 11.8 Å². The molecule has 8 heteroatoms. The lowest BCUT2D eigenvalue weighted by molar-refractivity contribution is 0.0695. The number of urea groups is 1. The average Bonchev–Trinajstić information content (AvgIpc) is 2.78. The van der Waals surface area contributed by atoms with Crippen LogP contribution in [-0.4, -0.2) is 50.8 Å². The van der Waals surface area contributed by atoms with Crippen LogP contribution in [0.4, 0.5) is 4.79 Å². The molecule has 0 unspecified atom stereocenters. The Hall–Kier alpha value is -1.83. The van der Waals surface area contributed by atoms with Crippen molar-refractivity contribution < 1.29 is 23.3 Å². The summed E-state index contributed by atoms with van der Waals surface area (Å²) in [5.41, 5.74) is 0.0996. The zero-order chi connectivity index (χ0) is 14.7. The maximum Gasteiger partial charge on any atom is 0.339 e. The van der Waals surface area contributed by atoms with Gasteiger partial charge in [-0.1, -0.05) is 0 Å². The number of nitrogens with one attached hydrogen (secondary N) is 1. The Morgan fingerprint density at radius 1 is 1.45 bits per heavy atom. The molecule has 20 heavy (non-hydrogen) atoms. The maximum atomic E-state index is 11.9. The molecule has 1 aromatic heterocycles. The lowest BCUT2D eigenvalue weighted by Gasteiger charge is -2.26. The summed E-state index contributed by atoms with van der Waals surface area (Å²) < 4.78 is 16.5. The Bertz CT molecular complexity index is 544. The van der Waals surface area contributed by atoms with Crippen LogP contribution in [0, 0.1) is 6.92 Å². The van der Waals surface area contributed by atoms with Gasteiger partial charge in [0.05, 0.1) is 6.54 Å². The van der Waals surface area contributed by atoms with Crippen molar-refractivity contribution in [1.82, 2.24) is 10.2 Å². The van der Waals surface area contributed by atoms with Crippen molar-refractivity contribution in [3.63, 3.8) is 0 Å². The molecular weight excluding hydrogens is 284 g/mol. The van der Waals surface area contributed by atoms with Crippen molar-refractivity contribution in [3.05, 3.63) is 23.2 Å². The van der Waals surface area contributed by atoms with Crippen molar-refractivity contribution in [3.8, 4) is 0 Å². The fourth-order valence-electron chi connectivity index (χ4n) is 1.96. The lowest BCUT2D eigenvalue weighted by Crippen LogP contribution is -2.46. The molecule has 110 valence electrons. The van der Waals surface area contributed by atoms with Gasteiger partial charge in [0.15, 0.2) is 0 Å². The van der Waals surface area contributed by atoms with Crippen LogP contribution < -0.4 is 5.32 Å². The van der Waals surface area contributed by atoms with Gasteiger partial charge in [0.25, 0.3) is 0 Å². The summed E-state index contributed by atoms with van der Waals surface area (Å²) in [6, 6.07) is 1.15. The molecule has 0 bridgehead atoms. The first-order valence-corrected chi connectivity index (χ1v) is 7.66. The number of aryl methyl sites for hydroxylation is 1. The number of carbonyl (C=O) groups excluding carboxylic acids is 1. The highest BCUT2D eigenvalue weighted by atomic mass is 32.2. The molecule has 2 amide bonds. The van der Waals surface area contributed by atoms with Crippen LogP contribution in [0.2, 0.25) is 0 Å². The molecule has 0 aromatic carbocycles. The topological polar surface area (TPSA) is 99.9 Å². The summed E-state index contributed by atoms with van der Waals surface area (Å²) in [6.45, 7) is 2.63. The zero-order valence-corrected chi connectivity index (χ0v) is 11.9. The average molecular weight is 300 g/mol. The van der Waals surface area contributed by atoms with Gasteiger partial charge in [-0.2, -0.15) is 0 Å². The Morgan fingerprint density at radius 3 is 2.65 bits per heavy atom. The minimum Gasteiger partial charge on any atom is -0.478 e. The third-order valence-corrected chi connectivity index (χ3v) is 4.35. The first-order chi connectivity index (χ1) is 9.47. The van der Waals surface area contributed by atoms with E-state index >= 15 is 0 Å². The van der Waals surface area contributed by atoms with Gasteiger partial charge in [-0.25, -0.2) is 9.59 Å². The largest absolute Gasteiger partial charge is 0.478 e. The molecule has 7 nitrogen and oxygen atoms in total. The van der Waals surface area contributed by atoms with Gasteiger partial charge in [0, 0.05) is 35.4 Å². The number of amides is 2. The molecule has 1 aromatic rings. The van der Waals surface area contributed by atoms with Crippen molar-refractivity contribution in [1.29, 1.82) is 0 Å². The van der Waals surface area contributed by atoms with Crippen LogP contribution in [0.3, 0.4) is 0 Å². The van der Waals surface area contributed by atoms with Crippen molar-refractivity contribution >= 4 is 22.8 Å². The highest BCUT2D eigenvalue weighted by Gasteiger charge is 2.20. The minimum atomic E-state index is -1.05. The normalized spacial score (nSPS) is 16.1. The van der Waals surface area contributed by atoms with Gasteiger partial charge in [0.2, 0.25) is 0 Å². The number of aromatic carboxylic acids is 1. The Kier molecular flexibility index (Phi) is 4.43. The number of carboxylic acid groups (broad SMARTS) is 1. The van der Waals surface area contributed by atoms with E-state index in [1.165, 1.54) is 6.07 Å². The second-order valence-corrected chi connectivity index (χ2v) is 6.18. The highest BCUT2D eigenvalue weighted by Crippen LogP contribution is 2.14. The highest BCUT2D eigenvalue weighted by molar-refractivity contribution is 7.85. The van der Waals surface area contributed by atoms with Crippen LogP contribution >= 0.6 is 0 Å². The fourth-order valence-corrected chi connectivity index (χ4v) is 3.01. The first-order valence-electron chi connectivity index (χ1n) is 6.17. The summed E-state index contributed by atoms with van der Waals surface area (Å²) in [7, 11) is -0.828. The molecule has 1 aliphatic heterocycles. The summed E-state index contributed by atoms with van der Waals surface area (Å²) >= 11 is 0. The minimum absolute atomic E-state index is 0.0996. The van der Waals surface area contributed by atoms with Gasteiger partial charge in [-0.3, -0.25) is 4.21 Å². The van der Waals surface area contributed by atoms with Crippen LogP contribution in [0.15, 0.2) is 10.5 Å². The quantitative estimate of drug-likeness (QED) is 0.849. The molecule has 2 heterocycles. The molecule has 0 aliphatic carbocycles. The van der Waals surface area contributed by atoms with Crippen molar-refractivity contribution in [2.45, 2.75) is 13.5 Å². The van der Waals surface area contributed by atoms with E-state index in [-0.39, 0.29) is 18.1 Å². The lowest BCUT2D eigenvalue weighted by atomic mass is 10.2. The number of carboxylic acids is 1. The van der Waals surface area contributed by atoms with Crippen LogP contribution in [0.1, 0.15) is 21.9 Å². The van der Waals surface area contributed by atoms with Crippen molar-refractivity contribution in [2.75, 3.05) is 24.6 Å². The molecule has 1 aliphatic rings. The molecular formula is C12H16N2O5S. The van der Waals surface area contributed by atoms with Crippen LogP contribution in [0.5, 0.6) is 0 Å². The third kappa shape index (κ3) is 3.38. The number of nitrogens with zero attached hydrogens (tertiary/aromatic N) is 1. The number of rotatable bonds is 3. The van der Waals surface area contributed by atoms with E-state index in [0.29, 0.717) is 36.1 Å². The number of carbonyl (C=O) groups is 2. The van der Waals surface area contributed by atoms with Gasteiger partial charge >= 0.3 is 12.0 Å². The second-order valence-electron chi connectivity index (χ2n) is 4.48. The summed E-state index contributed by atoms with van der Waals surface area (Å²) in [5.74, 6) is 0.652. The standard InChI is InChI=1S/C12H16N2O5S/c1-8-10(11(15)16)6-9(19-8)7-13-12(17)14-2-4-20(18)5-3-14/h6H,2-5,7H2,1H3,(H,13,17)(H,15,16). The second kappa shape index (κ2) is 6.08. The predicted octanol–water partition coefficient (Wildman–Crippen LogP) is 0.560. The third-order valence-electron chi connectivity index (χ3n) is 3.08. The maximum absolute atomic E-state index is 11.9. The van der Waals surface area contributed by atoms with Gasteiger partial charge in [-0.05, 0) is 13.0 Å². The number of furan rings is 1. The number of hydrogen-bond acceptors (Lipinski definition) is 4. The Labute approximate surface area is 118 Å². The van der Waals surface area contributed by atoms with Gasteiger partial charge in [-0.15, -0.1) is 0 Å². The molecule has 0 spiro atoms. The summed E-state index contributed by atoms with van der Waals surface area (Å²) in [6.07, 6.45) is 0. The zero-order valence-electron chi connectivity index (χ0n) is 11.0. The predicted molar refractivity (Wildman–Crippen MR) is 72.1 cm³/mol.